The van der Waals surface area contributed by atoms with Crippen molar-refractivity contribution in [2.45, 2.75) is 12.5 Å². The van der Waals surface area contributed by atoms with E-state index in [0.29, 0.717) is 6.54 Å². The van der Waals surface area contributed by atoms with Gasteiger partial charge < -0.3 is 24.6 Å². The lowest BCUT2D eigenvalue weighted by Gasteiger charge is -2.28. The van der Waals surface area contributed by atoms with E-state index in [1.54, 1.807) is 21.3 Å². The Kier molecular flexibility index (Phi) is 11.6. The number of likely N-dealkylation sites (N-methyl/N-ethyl adjacent to an activating group) is 2. The molecule has 0 bridgehead atoms. The van der Waals surface area contributed by atoms with Crippen LogP contribution in [-0.4, -0.2) is 71.3 Å². The number of ether oxygens (including phenoxy) is 2. The maximum atomic E-state index is 13.3. The van der Waals surface area contributed by atoms with E-state index in [1.165, 1.54) is 12.1 Å². The molecule has 0 saturated carbocycles. The first-order chi connectivity index (χ1) is 14.4. The number of rotatable bonds is 9. The van der Waals surface area contributed by atoms with Crippen LogP contribution in [0.25, 0.3) is 0 Å². The zero-order chi connectivity index (χ0) is 22.1. The highest BCUT2D eigenvalue weighted by Gasteiger charge is 2.16. The summed E-state index contributed by atoms with van der Waals surface area (Å²) in [5.41, 5.74) is 2.21. The predicted octanol–water partition coefficient (Wildman–Crippen LogP) is 3.81. The van der Waals surface area contributed by atoms with E-state index in [4.69, 9.17) is 9.47 Å². The van der Waals surface area contributed by atoms with E-state index in [9.17, 15) is 4.39 Å². The number of hydrogen-bond acceptors (Lipinski definition) is 4. The predicted molar refractivity (Wildman–Crippen MR) is 135 cm³/mol. The van der Waals surface area contributed by atoms with Crippen LogP contribution in [-0.2, 0) is 6.42 Å². The molecule has 1 N–H and O–H groups in total. The van der Waals surface area contributed by atoms with Crippen LogP contribution in [0.4, 0.5) is 4.39 Å². The van der Waals surface area contributed by atoms with Crippen molar-refractivity contribution in [1.29, 1.82) is 0 Å². The molecule has 8 heteroatoms. The molecule has 0 fully saturated rings. The molecule has 172 valence electrons. The van der Waals surface area contributed by atoms with Gasteiger partial charge in [0.25, 0.3) is 0 Å². The van der Waals surface area contributed by atoms with Crippen LogP contribution < -0.4 is 14.8 Å². The van der Waals surface area contributed by atoms with Crippen molar-refractivity contribution in [3.63, 3.8) is 0 Å². The fourth-order valence-corrected chi connectivity index (χ4v) is 3.30. The number of methoxy groups -OCH3 is 2. The summed E-state index contributed by atoms with van der Waals surface area (Å²) in [6.07, 6.45) is 0.840. The van der Waals surface area contributed by atoms with Gasteiger partial charge in [-0.3, -0.25) is 4.99 Å². The Morgan fingerprint density at radius 3 is 2.23 bits per heavy atom. The molecule has 0 saturated heterocycles. The Hall–Kier alpha value is -2.07. The first-order valence-corrected chi connectivity index (χ1v) is 9.94. The van der Waals surface area contributed by atoms with E-state index < -0.39 is 0 Å². The largest absolute Gasteiger partial charge is 0.493 e. The Bertz CT molecular complexity index is 831. The molecule has 1 atom stereocenters. The molecular formula is C23H34FIN4O2. The quantitative estimate of drug-likeness (QED) is 0.296. The standard InChI is InChI=1S/C23H33FN4O2.HI/c1-25-23(26-16-20(27(2)3)18-8-10-19(24)11-9-18)28(4)14-13-17-7-12-21(29-5)22(15-17)30-6;/h7-12,15,20H,13-14,16H2,1-6H3,(H,25,26);1H. The van der Waals surface area contributed by atoms with Crippen molar-refractivity contribution >= 4 is 29.9 Å². The number of hydrogen-bond donors (Lipinski definition) is 1. The van der Waals surface area contributed by atoms with Crippen molar-refractivity contribution in [3.8, 4) is 11.5 Å². The number of nitrogens with one attached hydrogen (secondary N) is 1. The summed E-state index contributed by atoms with van der Waals surface area (Å²) in [7, 11) is 11.1. The number of halogens is 2. The first-order valence-electron chi connectivity index (χ1n) is 9.94. The third-order valence-electron chi connectivity index (χ3n) is 5.09. The maximum absolute atomic E-state index is 13.3. The minimum Gasteiger partial charge on any atom is -0.493 e. The molecule has 0 spiro atoms. The molecule has 0 aliphatic heterocycles. The van der Waals surface area contributed by atoms with Crippen LogP contribution in [0.15, 0.2) is 47.5 Å². The van der Waals surface area contributed by atoms with Crippen LogP contribution in [0.5, 0.6) is 11.5 Å². The van der Waals surface area contributed by atoms with Gasteiger partial charge in [-0.15, -0.1) is 24.0 Å². The van der Waals surface area contributed by atoms with Gasteiger partial charge in [0.2, 0.25) is 0 Å². The molecule has 0 aromatic heterocycles. The van der Waals surface area contributed by atoms with Gasteiger partial charge in [-0.25, -0.2) is 4.39 Å². The zero-order valence-electron chi connectivity index (χ0n) is 19.2. The van der Waals surface area contributed by atoms with E-state index in [2.05, 4.69) is 20.1 Å². The lowest BCUT2D eigenvalue weighted by atomic mass is 10.1. The van der Waals surface area contributed by atoms with E-state index in [-0.39, 0.29) is 35.8 Å². The molecular weight excluding hydrogens is 510 g/mol. The minimum absolute atomic E-state index is 0. The average Bonchev–Trinajstić information content (AvgIpc) is 2.75. The van der Waals surface area contributed by atoms with Gasteiger partial charge in [-0.1, -0.05) is 18.2 Å². The van der Waals surface area contributed by atoms with Crippen molar-refractivity contribution < 1.29 is 13.9 Å². The zero-order valence-corrected chi connectivity index (χ0v) is 21.5. The summed E-state index contributed by atoms with van der Waals surface area (Å²) in [4.78, 5) is 8.61. The number of aliphatic imine (C=N–C) groups is 1. The second-order valence-electron chi connectivity index (χ2n) is 7.32. The molecule has 2 aromatic carbocycles. The molecule has 1 unspecified atom stereocenters. The molecule has 0 heterocycles. The Balaban J connectivity index is 0.00000480. The van der Waals surface area contributed by atoms with E-state index in [1.807, 2.05) is 51.5 Å². The Morgan fingerprint density at radius 1 is 1.03 bits per heavy atom. The molecule has 2 aromatic rings. The van der Waals surface area contributed by atoms with Crippen LogP contribution >= 0.6 is 24.0 Å². The van der Waals surface area contributed by atoms with E-state index >= 15 is 0 Å². The van der Waals surface area contributed by atoms with Gasteiger partial charge >= 0.3 is 0 Å². The summed E-state index contributed by atoms with van der Waals surface area (Å²) < 4.78 is 24.0. The van der Waals surface area contributed by atoms with Crippen molar-refractivity contribution in [2.24, 2.45) is 4.99 Å². The lowest BCUT2D eigenvalue weighted by molar-refractivity contribution is 0.295. The summed E-state index contributed by atoms with van der Waals surface area (Å²) in [6.45, 7) is 1.45. The minimum atomic E-state index is -0.227. The second kappa shape index (κ2) is 13.4. The maximum Gasteiger partial charge on any atom is 0.193 e. The first kappa shape index (κ1) is 27.0. The van der Waals surface area contributed by atoms with Gasteiger partial charge in [0.05, 0.1) is 20.3 Å². The lowest BCUT2D eigenvalue weighted by Crippen LogP contribution is -2.43. The fourth-order valence-electron chi connectivity index (χ4n) is 3.30. The van der Waals surface area contributed by atoms with Crippen LogP contribution in [0.3, 0.4) is 0 Å². The summed E-state index contributed by atoms with van der Waals surface area (Å²) in [5.74, 6) is 2.04. The Morgan fingerprint density at radius 2 is 1.68 bits per heavy atom. The number of guanidine groups is 1. The monoisotopic (exact) mass is 544 g/mol. The topological polar surface area (TPSA) is 49.3 Å². The Labute approximate surface area is 202 Å². The summed E-state index contributed by atoms with van der Waals surface area (Å²) in [5, 5.41) is 3.44. The highest BCUT2D eigenvalue weighted by atomic mass is 127. The molecule has 0 radical (unpaired) electrons. The highest BCUT2D eigenvalue weighted by Crippen LogP contribution is 2.27. The third kappa shape index (κ3) is 7.84. The van der Waals surface area contributed by atoms with Crippen LogP contribution in [0.1, 0.15) is 17.2 Å². The normalized spacial score (nSPS) is 12.2. The number of nitrogens with zero attached hydrogens (tertiary/aromatic N) is 3. The van der Waals surface area contributed by atoms with Gasteiger partial charge in [-0.2, -0.15) is 0 Å². The summed E-state index contributed by atoms with van der Waals surface area (Å²) >= 11 is 0. The average molecular weight is 544 g/mol. The van der Waals surface area contributed by atoms with Gasteiger partial charge in [0.15, 0.2) is 17.5 Å². The van der Waals surface area contributed by atoms with E-state index in [0.717, 1.165) is 41.6 Å². The molecule has 0 aliphatic rings. The van der Waals surface area contributed by atoms with Crippen LogP contribution in [0, 0.1) is 5.82 Å². The fraction of sp³-hybridized carbons (Fsp3) is 0.435. The second-order valence-corrected chi connectivity index (χ2v) is 7.32. The molecule has 31 heavy (non-hydrogen) atoms. The SMILES string of the molecule is CN=C(NCC(c1ccc(F)cc1)N(C)C)N(C)CCc1ccc(OC)c(OC)c1.I. The van der Waals surface area contributed by atoms with Crippen molar-refractivity contribution in [3.05, 3.63) is 59.4 Å². The smallest absolute Gasteiger partial charge is 0.193 e. The summed E-state index contributed by atoms with van der Waals surface area (Å²) in [6, 6.07) is 12.7. The third-order valence-corrected chi connectivity index (χ3v) is 5.09. The van der Waals surface area contributed by atoms with Crippen molar-refractivity contribution in [1.82, 2.24) is 15.1 Å². The van der Waals surface area contributed by atoms with Crippen LogP contribution in [0.2, 0.25) is 0 Å². The number of benzene rings is 2. The molecule has 6 nitrogen and oxygen atoms in total. The molecule has 0 aliphatic carbocycles. The molecule has 0 amide bonds. The van der Waals surface area contributed by atoms with Crippen molar-refractivity contribution in [2.75, 3.05) is 55.5 Å². The highest BCUT2D eigenvalue weighted by molar-refractivity contribution is 14.0. The van der Waals surface area contributed by atoms with Gasteiger partial charge in [0.1, 0.15) is 5.82 Å². The van der Waals surface area contributed by atoms with Gasteiger partial charge in [-0.05, 0) is 55.9 Å². The van der Waals surface area contributed by atoms with Gasteiger partial charge in [0, 0.05) is 27.2 Å². The molecule has 2 rings (SSSR count).